The van der Waals surface area contributed by atoms with E-state index in [0.29, 0.717) is 12.2 Å². The fourth-order valence-electron chi connectivity index (χ4n) is 1.76. The van der Waals surface area contributed by atoms with Crippen LogP contribution in [0.25, 0.3) is 0 Å². The molecule has 0 amide bonds. The Morgan fingerprint density at radius 3 is 2.50 bits per heavy atom. The molecule has 0 saturated carbocycles. The number of benzene rings is 2. The van der Waals surface area contributed by atoms with Crippen LogP contribution in [-0.2, 0) is 6.42 Å². The van der Waals surface area contributed by atoms with Crippen molar-refractivity contribution in [2.24, 2.45) is 0 Å². The Kier molecular flexibility index (Phi) is 3.63. The minimum atomic E-state index is -0.531. The molecule has 0 aliphatic carbocycles. The molecule has 1 N–H and O–H groups in total. The number of hydrogen-bond donors (Lipinski definition) is 1. The molecule has 18 heavy (non-hydrogen) atoms. The standard InChI is InChI=1S/C15H14O3/c1-2-11-7-6-10-13(16)14(11)15(17)18-12-8-4-3-5-9-12/h3-10,16H,2H2,1H3. The second-order valence-electron chi connectivity index (χ2n) is 3.87. The van der Waals surface area contributed by atoms with Crippen molar-refractivity contribution in [3.8, 4) is 11.5 Å². The molecule has 0 bridgehead atoms. The van der Waals surface area contributed by atoms with Gasteiger partial charge in [0.05, 0.1) is 0 Å². The fraction of sp³-hybridized carbons (Fsp3) is 0.133. The molecular weight excluding hydrogens is 228 g/mol. The summed E-state index contributed by atoms with van der Waals surface area (Å²) in [5.41, 5.74) is 1.01. The van der Waals surface area contributed by atoms with Gasteiger partial charge in [0.2, 0.25) is 0 Å². The van der Waals surface area contributed by atoms with Crippen molar-refractivity contribution in [2.45, 2.75) is 13.3 Å². The molecule has 3 heteroatoms. The van der Waals surface area contributed by atoms with Gasteiger partial charge < -0.3 is 9.84 Å². The number of para-hydroxylation sites is 1. The molecule has 92 valence electrons. The van der Waals surface area contributed by atoms with Crippen LogP contribution in [0.4, 0.5) is 0 Å². The minimum Gasteiger partial charge on any atom is -0.507 e. The summed E-state index contributed by atoms with van der Waals surface area (Å²) in [5, 5.41) is 9.77. The van der Waals surface area contributed by atoms with E-state index in [1.54, 1.807) is 36.4 Å². The molecule has 0 aromatic heterocycles. The van der Waals surface area contributed by atoms with Gasteiger partial charge in [-0.1, -0.05) is 37.3 Å². The van der Waals surface area contributed by atoms with Crippen molar-refractivity contribution < 1.29 is 14.6 Å². The van der Waals surface area contributed by atoms with Crippen molar-refractivity contribution in [3.63, 3.8) is 0 Å². The van der Waals surface area contributed by atoms with E-state index in [1.165, 1.54) is 6.07 Å². The van der Waals surface area contributed by atoms with Gasteiger partial charge in [0.15, 0.2) is 0 Å². The molecular formula is C15H14O3. The second kappa shape index (κ2) is 5.36. The smallest absolute Gasteiger partial charge is 0.347 e. The molecule has 0 aliphatic heterocycles. The third-order valence-corrected chi connectivity index (χ3v) is 2.67. The molecule has 0 saturated heterocycles. The number of aromatic hydroxyl groups is 1. The van der Waals surface area contributed by atoms with Crippen molar-refractivity contribution in [2.75, 3.05) is 0 Å². The molecule has 0 fully saturated rings. The lowest BCUT2D eigenvalue weighted by Gasteiger charge is -2.09. The predicted octanol–water partition coefficient (Wildman–Crippen LogP) is 3.17. The summed E-state index contributed by atoms with van der Waals surface area (Å²) in [4.78, 5) is 12.0. The highest BCUT2D eigenvalue weighted by Crippen LogP contribution is 2.23. The summed E-state index contributed by atoms with van der Waals surface area (Å²) in [5.74, 6) is -0.112. The van der Waals surface area contributed by atoms with Crippen LogP contribution in [0, 0.1) is 0 Å². The second-order valence-corrected chi connectivity index (χ2v) is 3.87. The van der Waals surface area contributed by atoms with Gasteiger partial charge in [-0.15, -0.1) is 0 Å². The Morgan fingerprint density at radius 1 is 1.11 bits per heavy atom. The molecule has 0 aliphatic rings. The van der Waals surface area contributed by atoms with Gasteiger partial charge in [-0.05, 0) is 30.2 Å². The van der Waals surface area contributed by atoms with Crippen LogP contribution in [0.3, 0.4) is 0 Å². The lowest BCUT2D eigenvalue weighted by Crippen LogP contribution is -2.11. The van der Waals surface area contributed by atoms with Crippen molar-refractivity contribution in [1.82, 2.24) is 0 Å². The van der Waals surface area contributed by atoms with Crippen molar-refractivity contribution in [3.05, 3.63) is 59.7 Å². The van der Waals surface area contributed by atoms with Crippen LogP contribution < -0.4 is 4.74 Å². The first-order chi connectivity index (χ1) is 8.72. The third kappa shape index (κ3) is 2.51. The van der Waals surface area contributed by atoms with E-state index >= 15 is 0 Å². The average molecular weight is 242 g/mol. The first kappa shape index (κ1) is 12.2. The van der Waals surface area contributed by atoms with E-state index in [0.717, 1.165) is 5.56 Å². The van der Waals surface area contributed by atoms with E-state index in [1.807, 2.05) is 13.0 Å². The maximum atomic E-state index is 12.0. The van der Waals surface area contributed by atoms with Crippen LogP contribution in [0.15, 0.2) is 48.5 Å². The fourth-order valence-corrected chi connectivity index (χ4v) is 1.76. The Morgan fingerprint density at radius 2 is 1.83 bits per heavy atom. The maximum absolute atomic E-state index is 12.0. The first-order valence-corrected chi connectivity index (χ1v) is 5.80. The first-order valence-electron chi connectivity index (χ1n) is 5.80. The Labute approximate surface area is 106 Å². The van der Waals surface area contributed by atoms with Gasteiger partial charge in [0, 0.05) is 0 Å². The van der Waals surface area contributed by atoms with Crippen LogP contribution in [-0.4, -0.2) is 11.1 Å². The van der Waals surface area contributed by atoms with Gasteiger partial charge in [-0.25, -0.2) is 4.79 Å². The van der Waals surface area contributed by atoms with Crippen molar-refractivity contribution in [1.29, 1.82) is 0 Å². The number of aryl methyl sites for hydroxylation is 1. The number of hydrogen-bond acceptors (Lipinski definition) is 3. The van der Waals surface area contributed by atoms with Gasteiger partial charge in [0.1, 0.15) is 17.1 Å². The number of ether oxygens (including phenoxy) is 1. The lowest BCUT2D eigenvalue weighted by atomic mass is 10.0. The van der Waals surface area contributed by atoms with E-state index < -0.39 is 5.97 Å². The van der Waals surface area contributed by atoms with Gasteiger partial charge >= 0.3 is 5.97 Å². The number of phenolic OH excluding ortho intramolecular Hbond substituents is 1. The molecule has 3 nitrogen and oxygen atoms in total. The highest BCUT2D eigenvalue weighted by Gasteiger charge is 2.17. The number of carbonyl (C=O) groups is 1. The minimum absolute atomic E-state index is 0.0460. The topological polar surface area (TPSA) is 46.5 Å². The van der Waals surface area contributed by atoms with Gasteiger partial charge in [-0.2, -0.15) is 0 Å². The van der Waals surface area contributed by atoms with Crippen LogP contribution >= 0.6 is 0 Å². The van der Waals surface area contributed by atoms with Crippen LogP contribution in [0.5, 0.6) is 11.5 Å². The monoisotopic (exact) mass is 242 g/mol. The molecule has 0 heterocycles. The van der Waals surface area contributed by atoms with Crippen LogP contribution in [0.1, 0.15) is 22.8 Å². The summed E-state index contributed by atoms with van der Waals surface area (Å²) >= 11 is 0. The number of esters is 1. The van der Waals surface area contributed by atoms with Gasteiger partial charge in [-0.3, -0.25) is 0 Å². The number of rotatable bonds is 3. The molecule has 2 aromatic rings. The Balaban J connectivity index is 2.29. The van der Waals surface area contributed by atoms with E-state index in [9.17, 15) is 9.90 Å². The van der Waals surface area contributed by atoms with Crippen molar-refractivity contribution >= 4 is 5.97 Å². The molecule has 2 rings (SSSR count). The predicted molar refractivity (Wildman–Crippen MR) is 68.9 cm³/mol. The average Bonchev–Trinajstić information content (AvgIpc) is 2.39. The number of phenols is 1. The number of carbonyl (C=O) groups excluding carboxylic acids is 1. The van der Waals surface area contributed by atoms with E-state index in [-0.39, 0.29) is 11.3 Å². The normalized spacial score (nSPS) is 10.1. The van der Waals surface area contributed by atoms with Crippen LogP contribution in [0.2, 0.25) is 0 Å². The summed E-state index contributed by atoms with van der Waals surface area (Å²) < 4.78 is 5.22. The Hall–Kier alpha value is -2.29. The van der Waals surface area contributed by atoms with Gasteiger partial charge in [0.25, 0.3) is 0 Å². The molecule has 0 unspecified atom stereocenters. The largest absolute Gasteiger partial charge is 0.507 e. The van der Waals surface area contributed by atoms with E-state index in [4.69, 9.17) is 4.74 Å². The maximum Gasteiger partial charge on any atom is 0.347 e. The highest BCUT2D eigenvalue weighted by molar-refractivity contribution is 5.95. The Bertz CT molecular complexity index is 547. The van der Waals surface area contributed by atoms with E-state index in [2.05, 4.69) is 0 Å². The molecule has 2 aromatic carbocycles. The summed E-state index contributed by atoms with van der Waals surface area (Å²) in [7, 11) is 0. The highest BCUT2D eigenvalue weighted by atomic mass is 16.5. The SMILES string of the molecule is CCc1cccc(O)c1C(=O)Oc1ccccc1. The third-order valence-electron chi connectivity index (χ3n) is 2.67. The summed E-state index contributed by atoms with van der Waals surface area (Å²) in [6.45, 7) is 1.92. The molecule has 0 spiro atoms. The zero-order valence-electron chi connectivity index (χ0n) is 10.1. The summed E-state index contributed by atoms with van der Waals surface area (Å²) in [6, 6.07) is 13.8. The molecule has 0 atom stereocenters. The lowest BCUT2D eigenvalue weighted by molar-refractivity contribution is 0.0730. The summed E-state index contributed by atoms with van der Waals surface area (Å²) in [6.07, 6.45) is 0.660. The zero-order chi connectivity index (χ0) is 13.0. The quantitative estimate of drug-likeness (QED) is 0.664. The molecule has 0 radical (unpaired) electrons. The zero-order valence-corrected chi connectivity index (χ0v) is 10.1.